The maximum atomic E-state index is 13.9. The smallest absolute Gasteiger partial charge is 0.271 e. The van der Waals surface area contributed by atoms with Gasteiger partial charge in [0.15, 0.2) is 0 Å². The summed E-state index contributed by atoms with van der Waals surface area (Å²) in [6.45, 7) is 7.19. The molecule has 4 heterocycles. The van der Waals surface area contributed by atoms with Crippen LogP contribution < -0.4 is 5.32 Å². The second-order valence-corrected chi connectivity index (χ2v) is 10.8. The molecule has 0 bridgehead atoms. The van der Waals surface area contributed by atoms with Crippen LogP contribution in [-0.2, 0) is 17.9 Å². The van der Waals surface area contributed by atoms with E-state index in [4.69, 9.17) is 4.42 Å². The molecule has 0 saturated heterocycles. The van der Waals surface area contributed by atoms with Crippen molar-refractivity contribution in [3.05, 3.63) is 58.6 Å². The fourth-order valence-corrected chi connectivity index (χ4v) is 6.02. The summed E-state index contributed by atoms with van der Waals surface area (Å²) in [5, 5.41) is 5.35. The Hall–Kier alpha value is -2.80. The predicted octanol–water partition coefficient (Wildman–Crippen LogP) is 5.17. The molecule has 174 valence electrons. The molecule has 0 spiro atoms. The highest BCUT2D eigenvalue weighted by molar-refractivity contribution is 7.09. The molecule has 7 heteroatoms. The second kappa shape index (κ2) is 8.52. The van der Waals surface area contributed by atoms with Crippen LogP contribution in [0.25, 0.3) is 11.5 Å². The Morgan fingerprint density at radius 1 is 1.18 bits per heavy atom. The van der Waals surface area contributed by atoms with E-state index < -0.39 is 5.54 Å². The van der Waals surface area contributed by atoms with Gasteiger partial charge in [0.05, 0.1) is 25.0 Å². The van der Waals surface area contributed by atoms with E-state index in [9.17, 15) is 9.59 Å². The molecule has 0 aromatic carbocycles. The Morgan fingerprint density at radius 3 is 2.73 bits per heavy atom. The summed E-state index contributed by atoms with van der Waals surface area (Å²) in [4.78, 5) is 30.5. The van der Waals surface area contributed by atoms with Gasteiger partial charge >= 0.3 is 0 Å². The molecule has 1 aliphatic carbocycles. The summed E-state index contributed by atoms with van der Waals surface area (Å²) in [6, 6.07) is 11.6. The van der Waals surface area contributed by atoms with Crippen LogP contribution in [0.3, 0.4) is 0 Å². The standard InChI is InChI=1S/C26H31N3O3S/c1-17-7-4-9-20(18(17)2)27-25(31)26(3)16-28-21(23-10-5-13-32-23)11-12-22(28)24(30)29(26)15-19-8-6-14-33-19/h5-6,8,10-14,17-18,20H,4,7,9,15-16H2,1-3H3,(H,27,31)/t17-,18-,20+,26+/m1/s1. The molecule has 1 saturated carbocycles. The number of amides is 2. The molecule has 33 heavy (non-hydrogen) atoms. The minimum atomic E-state index is -1.02. The first-order chi connectivity index (χ1) is 15.9. The molecule has 6 nitrogen and oxygen atoms in total. The maximum Gasteiger partial charge on any atom is 0.271 e. The highest BCUT2D eigenvalue weighted by Crippen LogP contribution is 2.36. The van der Waals surface area contributed by atoms with E-state index in [2.05, 4.69) is 19.2 Å². The van der Waals surface area contributed by atoms with Gasteiger partial charge in [-0.05, 0) is 60.9 Å². The zero-order chi connectivity index (χ0) is 23.2. The van der Waals surface area contributed by atoms with Gasteiger partial charge < -0.3 is 19.2 Å². The lowest BCUT2D eigenvalue weighted by molar-refractivity contribution is -0.134. The Morgan fingerprint density at radius 2 is 2.00 bits per heavy atom. The van der Waals surface area contributed by atoms with Gasteiger partial charge in [0.2, 0.25) is 5.91 Å². The SMILES string of the molecule is C[C@@H]1[C@H](C)CCC[C@@H]1NC(=O)[C@]1(C)Cn2c(ccc2-c2ccco2)C(=O)N1Cc1cccs1. The van der Waals surface area contributed by atoms with Crippen LogP contribution in [0, 0.1) is 11.8 Å². The number of carbonyl (C=O) groups excluding carboxylic acids is 2. The number of aromatic nitrogens is 1. The summed E-state index contributed by atoms with van der Waals surface area (Å²) in [5.74, 6) is 1.47. The van der Waals surface area contributed by atoms with Crippen molar-refractivity contribution < 1.29 is 14.0 Å². The summed E-state index contributed by atoms with van der Waals surface area (Å²) < 4.78 is 7.57. The Bertz CT molecular complexity index is 1130. The van der Waals surface area contributed by atoms with Crippen LogP contribution in [0.15, 0.2) is 52.5 Å². The van der Waals surface area contributed by atoms with Crippen molar-refractivity contribution in [3.8, 4) is 11.5 Å². The Balaban J connectivity index is 1.51. The number of hydrogen-bond acceptors (Lipinski definition) is 4. The lowest BCUT2D eigenvalue weighted by Gasteiger charge is -2.45. The van der Waals surface area contributed by atoms with E-state index in [0.717, 1.165) is 23.4 Å². The topological polar surface area (TPSA) is 67.5 Å². The van der Waals surface area contributed by atoms with E-state index in [1.54, 1.807) is 22.5 Å². The number of furan rings is 1. The largest absolute Gasteiger partial charge is 0.463 e. The second-order valence-electron chi connectivity index (χ2n) is 9.76. The first kappa shape index (κ1) is 22.0. The molecule has 1 aliphatic heterocycles. The third kappa shape index (κ3) is 3.82. The Kier molecular flexibility index (Phi) is 5.69. The highest BCUT2D eigenvalue weighted by atomic mass is 32.1. The van der Waals surface area contributed by atoms with Crippen molar-refractivity contribution in [1.82, 2.24) is 14.8 Å². The average molecular weight is 466 g/mol. The average Bonchev–Trinajstić information content (AvgIpc) is 3.56. The number of fused-ring (bicyclic) bond motifs is 1. The molecule has 4 atom stereocenters. The van der Waals surface area contributed by atoms with E-state index in [1.807, 2.05) is 53.3 Å². The van der Waals surface area contributed by atoms with E-state index in [-0.39, 0.29) is 17.9 Å². The van der Waals surface area contributed by atoms with Gasteiger partial charge in [0.25, 0.3) is 5.91 Å². The van der Waals surface area contributed by atoms with Crippen molar-refractivity contribution in [2.45, 2.75) is 64.7 Å². The van der Waals surface area contributed by atoms with Gasteiger partial charge in [-0.1, -0.05) is 32.8 Å². The first-order valence-electron chi connectivity index (χ1n) is 11.8. The molecule has 2 aliphatic rings. The van der Waals surface area contributed by atoms with Crippen LogP contribution in [0.4, 0.5) is 0 Å². The minimum absolute atomic E-state index is 0.0805. The molecule has 2 amide bonds. The molecule has 5 rings (SSSR count). The number of thiophene rings is 1. The lowest BCUT2D eigenvalue weighted by atomic mass is 9.77. The first-order valence-corrected chi connectivity index (χ1v) is 12.6. The van der Waals surface area contributed by atoms with Gasteiger partial charge in [0, 0.05) is 10.9 Å². The van der Waals surface area contributed by atoms with Crippen LogP contribution in [0.2, 0.25) is 0 Å². The fraction of sp³-hybridized carbons (Fsp3) is 0.462. The third-order valence-corrected chi connectivity index (χ3v) is 8.55. The molecule has 3 aromatic heterocycles. The third-order valence-electron chi connectivity index (χ3n) is 7.69. The number of rotatable bonds is 5. The van der Waals surface area contributed by atoms with Gasteiger partial charge in [-0.25, -0.2) is 0 Å². The predicted molar refractivity (Wildman–Crippen MR) is 129 cm³/mol. The molecular formula is C26H31N3O3S. The molecule has 0 radical (unpaired) electrons. The zero-order valence-electron chi connectivity index (χ0n) is 19.4. The van der Waals surface area contributed by atoms with Crippen LogP contribution in [0.5, 0.6) is 0 Å². The summed E-state index contributed by atoms with van der Waals surface area (Å²) in [7, 11) is 0. The Labute approximate surface area is 198 Å². The quantitative estimate of drug-likeness (QED) is 0.566. The molecule has 0 unspecified atom stereocenters. The molecule has 1 N–H and O–H groups in total. The number of hydrogen-bond donors (Lipinski definition) is 1. The van der Waals surface area contributed by atoms with Gasteiger partial charge in [-0.3, -0.25) is 9.59 Å². The lowest BCUT2D eigenvalue weighted by Crippen LogP contribution is -2.65. The van der Waals surface area contributed by atoms with E-state index >= 15 is 0 Å². The number of nitrogens with zero attached hydrogens (tertiary/aromatic N) is 2. The minimum Gasteiger partial charge on any atom is -0.463 e. The van der Waals surface area contributed by atoms with Crippen molar-refractivity contribution in [3.63, 3.8) is 0 Å². The number of nitrogens with one attached hydrogen (secondary N) is 1. The monoisotopic (exact) mass is 465 g/mol. The van der Waals surface area contributed by atoms with Gasteiger partial charge in [-0.2, -0.15) is 0 Å². The van der Waals surface area contributed by atoms with Crippen molar-refractivity contribution >= 4 is 23.2 Å². The van der Waals surface area contributed by atoms with Crippen molar-refractivity contribution in [1.29, 1.82) is 0 Å². The molecular weight excluding hydrogens is 434 g/mol. The van der Waals surface area contributed by atoms with Gasteiger partial charge in [0.1, 0.15) is 17.0 Å². The molecule has 3 aromatic rings. The highest BCUT2D eigenvalue weighted by Gasteiger charge is 2.49. The van der Waals surface area contributed by atoms with Crippen LogP contribution >= 0.6 is 11.3 Å². The van der Waals surface area contributed by atoms with E-state index in [0.29, 0.717) is 36.4 Å². The summed E-state index contributed by atoms with van der Waals surface area (Å²) in [6.07, 6.45) is 4.93. The number of carbonyl (C=O) groups is 2. The fourth-order valence-electron chi connectivity index (χ4n) is 5.33. The summed E-state index contributed by atoms with van der Waals surface area (Å²) in [5.41, 5.74) is 0.384. The summed E-state index contributed by atoms with van der Waals surface area (Å²) >= 11 is 1.60. The molecule has 1 fully saturated rings. The van der Waals surface area contributed by atoms with Crippen LogP contribution in [0.1, 0.15) is 55.4 Å². The van der Waals surface area contributed by atoms with Gasteiger partial charge in [-0.15, -0.1) is 11.3 Å². The van der Waals surface area contributed by atoms with Crippen molar-refractivity contribution in [2.24, 2.45) is 11.8 Å². The van der Waals surface area contributed by atoms with E-state index in [1.165, 1.54) is 6.42 Å². The van der Waals surface area contributed by atoms with Crippen molar-refractivity contribution in [2.75, 3.05) is 0 Å². The normalized spacial score (nSPS) is 27.4. The zero-order valence-corrected chi connectivity index (χ0v) is 20.2. The maximum absolute atomic E-state index is 13.9. The van der Waals surface area contributed by atoms with Crippen LogP contribution in [-0.4, -0.2) is 32.9 Å².